The third kappa shape index (κ3) is 5.87. The second kappa shape index (κ2) is 10.7. The summed E-state index contributed by atoms with van der Waals surface area (Å²) in [5.41, 5.74) is 0.652. The number of nitrogens with zero attached hydrogens (tertiary/aromatic N) is 1. The highest BCUT2D eigenvalue weighted by Crippen LogP contribution is 2.39. The van der Waals surface area contributed by atoms with Crippen molar-refractivity contribution >= 4 is 64.1 Å². The largest absolute Gasteiger partial charge is 0.490 e. The molecule has 0 N–H and O–H groups in total. The number of benzene rings is 2. The number of imide groups is 1. The first-order valence-electron chi connectivity index (χ1n) is 9.49. The molecule has 1 saturated heterocycles. The van der Waals surface area contributed by atoms with Gasteiger partial charge >= 0.3 is 11.9 Å². The standard InChI is InChI=1S/C22H17Cl2NO7S/c1-3-31-16-8-12(9-17-20(27)25(22(29)33-17)11-18(26)30-2)7-15(24)19(16)32-21(28)13-5-4-6-14(23)10-13/h4-10H,3,11H2,1-2H3/b17-9-. The molecule has 0 aromatic heterocycles. The van der Waals surface area contributed by atoms with Crippen molar-refractivity contribution in [3.63, 3.8) is 0 Å². The van der Waals surface area contributed by atoms with Gasteiger partial charge in [-0.2, -0.15) is 0 Å². The fraction of sp³-hybridized carbons (Fsp3) is 0.182. The van der Waals surface area contributed by atoms with Gasteiger partial charge in [-0.3, -0.25) is 19.3 Å². The molecule has 0 spiro atoms. The lowest BCUT2D eigenvalue weighted by molar-refractivity contribution is -0.143. The Kier molecular flexibility index (Phi) is 8.01. The van der Waals surface area contributed by atoms with Crippen LogP contribution in [-0.4, -0.2) is 48.2 Å². The van der Waals surface area contributed by atoms with Crippen molar-refractivity contribution in [3.8, 4) is 11.5 Å². The van der Waals surface area contributed by atoms with Crippen molar-refractivity contribution in [1.29, 1.82) is 0 Å². The van der Waals surface area contributed by atoms with Crippen molar-refractivity contribution < 1.29 is 33.4 Å². The number of carbonyl (C=O) groups excluding carboxylic acids is 4. The molecule has 2 amide bonds. The summed E-state index contributed by atoms with van der Waals surface area (Å²) in [7, 11) is 1.16. The van der Waals surface area contributed by atoms with E-state index in [9.17, 15) is 19.2 Å². The molecule has 33 heavy (non-hydrogen) atoms. The molecule has 0 radical (unpaired) electrons. The van der Waals surface area contributed by atoms with Gasteiger partial charge in [0.1, 0.15) is 6.54 Å². The van der Waals surface area contributed by atoms with E-state index in [0.29, 0.717) is 22.3 Å². The lowest BCUT2D eigenvalue weighted by atomic mass is 10.1. The molecular formula is C22H17Cl2NO7S. The van der Waals surface area contributed by atoms with Crippen LogP contribution < -0.4 is 9.47 Å². The van der Waals surface area contributed by atoms with Crippen molar-refractivity contribution in [3.05, 3.63) is 62.5 Å². The molecule has 1 aliphatic heterocycles. The van der Waals surface area contributed by atoms with E-state index in [4.69, 9.17) is 32.7 Å². The first-order valence-corrected chi connectivity index (χ1v) is 11.1. The second-order valence-electron chi connectivity index (χ2n) is 6.51. The van der Waals surface area contributed by atoms with Gasteiger partial charge in [-0.1, -0.05) is 29.3 Å². The van der Waals surface area contributed by atoms with E-state index in [2.05, 4.69) is 4.74 Å². The minimum absolute atomic E-state index is 0.000520. The number of methoxy groups -OCH3 is 1. The molecule has 0 bridgehead atoms. The van der Waals surface area contributed by atoms with Crippen LogP contribution in [0.2, 0.25) is 10.0 Å². The highest BCUT2D eigenvalue weighted by atomic mass is 35.5. The number of ether oxygens (including phenoxy) is 3. The Balaban J connectivity index is 1.89. The summed E-state index contributed by atoms with van der Waals surface area (Å²) in [5, 5.41) is -0.173. The fourth-order valence-corrected chi connectivity index (χ4v) is 4.07. The SMILES string of the molecule is CCOc1cc(/C=C2\SC(=O)N(CC(=O)OC)C2=O)cc(Cl)c1OC(=O)c1cccc(Cl)c1. The lowest BCUT2D eigenvalue weighted by Gasteiger charge is -2.13. The van der Waals surface area contributed by atoms with Crippen LogP contribution in [0.3, 0.4) is 0 Å². The van der Waals surface area contributed by atoms with Crippen LogP contribution in [-0.2, 0) is 14.3 Å². The minimum atomic E-state index is -0.717. The van der Waals surface area contributed by atoms with Crippen molar-refractivity contribution in [2.75, 3.05) is 20.3 Å². The Labute approximate surface area is 203 Å². The van der Waals surface area contributed by atoms with Gasteiger partial charge in [-0.25, -0.2) is 4.79 Å². The van der Waals surface area contributed by atoms with Crippen LogP contribution in [0.4, 0.5) is 4.79 Å². The van der Waals surface area contributed by atoms with Crippen molar-refractivity contribution in [2.24, 2.45) is 0 Å². The number of thioether (sulfide) groups is 1. The van der Waals surface area contributed by atoms with Crippen LogP contribution in [0.1, 0.15) is 22.8 Å². The molecule has 3 rings (SSSR count). The molecule has 0 unspecified atom stereocenters. The molecule has 1 aliphatic rings. The van der Waals surface area contributed by atoms with E-state index in [0.717, 1.165) is 12.0 Å². The summed E-state index contributed by atoms with van der Waals surface area (Å²) in [4.78, 5) is 49.5. The van der Waals surface area contributed by atoms with Gasteiger partial charge < -0.3 is 14.2 Å². The third-order valence-electron chi connectivity index (χ3n) is 4.27. The Morgan fingerprint density at radius 1 is 1.15 bits per heavy atom. The number of hydrogen-bond donors (Lipinski definition) is 0. The van der Waals surface area contributed by atoms with Gasteiger partial charge in [0.15, 0.2) is 11.5 Å². The topological polar surface area (TPSA) is 99.2 Å². The smallest absolute Gasteiger partial charge is 0.343 e. The normalized spacial score (nSPS) is 14.5. The maximum absolute atomic E-state index is 12.5. The summed E-state index contributed by atoms with van der Waals surface area (Å²) in [6.45, 7) is 1.50. The van der Waals surface area contributed by atoms with Gasteiger partial charge in [-0.05, 0) is 60.7 Å². The summed E-state index contributed by atoms with van der Waals surface area (Å²) >= 11 is 13.0. The Morgan fingerprint density at radius 2 is 1.91 bits per heavy atom. The number of amides is 2. The van der Waals surface area contributed by atoms with E-state index in [1.807, 2.05) is 0 Å². The molecule has 2 aromatic rings. The zero-order valence-electron chi connectivity index (χ0n) is 17.4. The first-order chi connectivity index (χ1) is 15.7. The average Bonchev–Trinajstić information content (AvgIpc) is 3.03. The van der Waals surface area contributed by atoms with E-state index in [1.165, 1.54) is 24.3 Å². The molecule has 0 saturated carbocycles. The molecule has 0 atom stereocenters. The number of halogens is 2. The highest BCUT2D eigenvalue weighted by molar-refractivity contribution is 8.18. The summed E-state index contributed by atoms with van der Waals surface area (Å²) in [6, 6.07) is 9.21. The molecule has 8 nitrogen and oxygen atoms in total. The van der Waals surface area contributed by atoms with Crippen LogP contribution in [0, 0.1) is 0 Å². The number of carbonyl (C=O) groups is 4. The Morgan fingerprint density at radius 3 is 2.58 bits per heavy atom. The van der Waals surface area contributed by atoms with E-state index in [-0.39, 0.29) is 33.6 Å². The predicted octanol–water partition coefficient (Wildman–Crippen LogP) is 4.82. The van der Waals surface area contributed by atoms with Gasteiger partial charge in [0, 0.05) is 5.02 Å². The maximum atomic E-state index is 12.5. The Bertz CT molecular complexity index is 1170. The van der Waals surface area contributed by atoms with Crippen LogP contribution in [0.15, 0.2) is 41.3 Å². The maximum Gasteiger partial charge on any atom is 0.343 e. The molecule has 1 fully saturated rings. The summed E-state index contributed by atoms with van der Waals surface area (Å²) in [5.74, 6) is -1.87. The van der Waals surface area contributed by atoms with Gasteiger partial charge in [0.2, 0.25) is 0 Å². The van der Waals surface area contributed by atoms with Crippen LogP contribution >= 0.6 is 35.0 Å². The van der Waals surface area contributed by atoms with Gasteiger partial charge in [0.05, 0.1) is 29.2 Å². The van der Waals surface area contributed by atoms with Gasteiger partial charge in [0.25, 0.3) is 11.1 Å². The third-order valence-corrected chi connectivity index (χ3v) is 5.70. The fourth-order valence-electron chi connectivity index (χ4n) is 2.78. The molecule has 1 heterocycles. The van der Waals surface area contributed by atoms with Crippen LogP contribution in [0.5, 0.6) is 11.5 Å². The molecule has 0 aliphatic carbocycles. The van der Waals surface area contributed by atoms with E-state index < -0.39 is 29.6 Å². The first kappa shape index (κ1) is 24.6. The van der Waals surface area contributed by atoms with Crippen LogP contribution in [0.25, 0.3) is 6.08 Å². The predicted molar refractivity (Wildman–Crippen MR) is 124 cm³/mol. The molecule has 11 heteroatoms. The van der Waals surface area contributed by atoms with Crippen molar-refractivity contribution in [2.45, 2.75) is 6.92 Å². The number of esters is 2. The zero-order chi connectivity index (χ0) is 24.1. The van der Waals surface area contributed by atoms with E-state index >= 15 is 0 Å². The second-order valence-corrected chi connectivity index (χ2v) is 8.34. The Hall–Kier alpha value is -3.01. The van der Waals surface area contributed by atoms with E-state index in [1.54, 1.807) is 25.1 Å². The molecular weight excluding hydrogens is 493 g/mol. The quantitative estimate of drug-likeness (QED) is 0.297. The average molecular weight is 510 g/mol. The summed E-state index contributed by atoms with van der Waals surface area (Å²) < 4.78 is 15.5. The number of rotatable bonds is 7. The minimum Gasteiger partial charge on any atom is -0.490 e. The molecule has 2 aromatic carbocycles. The number of hydrogen-bond acceptors (Lipinski definition) is 8. The zero-order valence-corrected chi connectivity index (χ0v) is 19.8. The van der Waals surface area contributed by atoms with Gasteiger partial charge in [-0.15, -0.1) is 0 Å². The summed E-state index contributed by atoms with van der Waals surface area (Å²) in [6.07, 6.45) is 1.43. The monoisotopic (exact) mass is 509 g/mol. The van der Waals surface area contributed by atoms with Crippen molar-refractivity contribution in [1.82, 2.24) is 4.90 Å². The molecule has 172 valence electrons. The highest BCUT2D eigenvalue weighted by Gasteiger charge is 2.36. The lowest BCUT2D eigenvalue weighted by Crippen LogP contribution is -2.34.